The zero-order chi connectivity index (χ0) is 21.2. The van der Waals surface area contributed by atoms with E-state index in [1.54, 1.807) is 13.8 Å². The second kappa shape index (κ2) is 9.23. The molecule has 9 nitrogen and oxygen atoms in total. The summed E-state index contributed by atoms with van der Waals surface area (Å²) in [6.07, 6.45) is 0.628. The average molecular weight is 438 g/mol. The third kappa shape index (κ3) is 4.86. The second-order valence-electron chi connectivity index (χ2n) is 7.11. The third-order valence-corrected chi connectivity index (χ3v) is 4.67. The van der Waals surface area contributed by atoms with Crippen molar-refractivity contribution in [2.75, 3.05) is 0 Å². The molecular formula is C19H21N3O6V. The first-order valence-corrected chi connectivity index (χ1v) is 8.60. The molecule has 1 fully saturated rings. The summed E-state index contributed by atoms with van der Waals surface area (Å²) >= 11 is 0. The van der Waals surface area contributed by atoms with Gasteiger partial charge in [-0.2, -0.15) is 6.42 Å². The molecule has 1 aromatic rings. The molecule has 3 rings (SSSR count). The molecule has 1 radical (unpaired) electrons. The Labute approximate surface area is 179 Å². The number of piperidine rings is 1. The van der Waals surface area contributed by atoms with Crippen molar-refractivity contribution in [2.24, 2.45) is 5.41 Å². The van der Waals surface area contributed by atoms with Gasteiger partial charge in [0.25, 0.3) is 11.8 Å². The molecule has 1 saturated heterocycles. The van der Waals surface area contributed by atoms with Crippen molar-refractivity contribution in [1.29, 1.82) is 0 Å². The van der Waals surface area contributed by atoms with Crippen molar-refractivity contribution < 1.29 is 47.6 Å². The molecule has 4 amide bonds. The Morgan fingerprint density at radius 2 is 1.90 bits per heavy atom. The molecule has 0 aromatic heterocycles. The predicted molar refractivity (Wildman–Crippen MR) is 98.5 cm³/mol. The predicted octanol–water partition coefficient (Wildman–Crippen LogP) is 2.09. The summed E-state index contributed by atoms with van der Waals surface area (Å²) in [5.41, 5.74) is 7.15. The van der Waals surface area contributed by atoms with Gasteiger partial charge in [0, 0.05) is 17.4 Å². The fourth-order valence-corrected chi connectivity index (χ4v) is 2.62. The van der Waals surface area contributed by atoms with Gasteiger partial charge in [0.2, 0.25) is 11.8 Å². The first-order valence-electron chi connectivity index (χ1n) is 8.60. The fourth-order valence-electron chi connectivity index (χ4n) is 2.62. The summed E-state index contributed by atoms with van der Waals surface area (Å²) in [4.78, 5) is 58.5. The van der Waals surface area contributed by atoms with Crippen LogP contribution in [0.25, 0.3) is 5.73 Å². The van der Waals surface area contributed by atoms with Gasteiger partial charge in [-0.25, -0.2) is 0 Å². The van der Waals surface area contributed by atoms with E-state index in [2.05, 4.69) is 12.2 Å². The monoisotopic (exact) mass is 438 g/mol. The summed E-state index contributed by atoms with van der Waals surface area (Å²) in [5, 5.41) is 10.5. The van der Waals surface area contributed by atoms with E-state index in [9.17, 15) is 24.0 Å². The van der Waals surface area contributed by atoms with Crippen LogP contribution in [0.4, 0.5) is 5.69 Å². The normalized spacial score (nSPS) is 18.3. The van der Waals surface area contributed by atoms with Gasteiger partial charge in [0.15, 0.2) is 0 Å². The Balaban J connectivity index is 0.000000403. The molecule has 0 aliphatic carbocycles. The molecule has 3 N–H and O–H groups in total. The molecule has 2 aliphatic heterocycles. The van der Waals surface area contributed by atoms with Gasteiger partial charge < -0.3 is 17.8 Å². The average Bonchev–Trinajstić information content (AvgIpc) is 2.88. The number of hydrogen-bond donors (Lipinski definition) is 2. The number of carboxylic acid groups (broad SMARTS) is 1. The van der Waals surface area contributed by atoms with Crippen molar-refractivity contribution in [3.63, 3.8) is 0 Å². The zero-order valence-corrected chi connectivity index (χ0v) is 17.4. The number of aliphatic carboxylic acids is 1. The molecule has 2 heterocycles. The van der Waals surface area contributed by atoms with Crippen LogP contribution >= 0.6 is 0 Å². The van der Waals surface area contributed by atoms with Crippen molar-refractivity contribution in [1.82, 2.24) is 10.2 Å². The Bertz CT molecular complexity index is 868. The number of fused-ring (bicyclic) bond motifs is 1. The van der Waals surface area contributed by atoms with E-state index >= 15 is 0 Å². The zero-order valence-electron chi connectivity index (χ0n) is 16.0. The van der Waals surface area contributed by atoms with E-state index in [4.69, 9.17) is 10.8 Å². The van der Waals surface area contributed by atoms with Crippen LogP contribution in [-0.4, -0.2) is 45.6 Å². The second-order valence-corrected chi connectivity index (χ2v) is 7.11. The Kier molecular flexibility index (Phi) is 7.77. The van der Waals surface area contributed by atoms with Crippen LogP contribution in [0, 0.1) is 12.3 Å². The van der Waals surface area contributed by atoms with Crippen molar-refractivity contribution in [2.45, 2.75) is 39.2 Å². The summed E-state index contributed by atoms with van der Waals surface area (Å²) in [6.45, 7) is 6.81. The van der Waals surface area contributed by atoms with Gasteiger partial charge in [-0.3, -0.25) is 34.2 Å². The number of imide groups is 2. The molecule has 1 unspecified atom stereocenters. The van der Waals surface area contributed by atoms with Gasteiger partial charge in [-0.15, -0.1) is 5.69 Å². The van der Waals surface area contributed by atoms with Crippen molar-refractivity contribution >= 4 is 35.3 Å². The first kappa shape index (κ1) is 24.4. The number of nitrogens with zero attached hydrogens (tertiary/aromatic N) is 1. The number of carbonyl (C=O) groups excluding carboxylic acids is 4. The van der Waals surface area contributed by atoms with Gasteiger partial charge in [-0.1, -0.05) is 26.0 Å². The number of rotatable bonds is 3. The van der Waals surface area contributed by atoms with E-state index in [-0.39, 0.29) is 48.2 Å². The van der Waals surface area contributed by atoms with E-state index < -0.39 is 41.1 Å². The number of nitrogens with one attached hydrogen (secondary N) is 2. The molecule has 0 spiro atoms. The molecule has 0 saturated carbocycles. The molecule has 0 bridgehead atoms. The van der Waals surface area contributed by atoms with Gasteiger partial charge in [-0.05, 0) is 12.5 Å². The molecule has 1 atom stereocenters. The maximum Gasteiger partial charge on any atom is 2.00 e. The maximum absolute atomic E-state index is 12.3. The van der Waals surface area contributed by atoms with E-state index in [0.29, 0.717) is 6.42 Å². The molecular weight excluding hydrogens is 417 g/mol. The minimum Gasteiger partial charge on any atom is -0.698 e. The molecule has 1 aromatic carbocycles. The van der Waals surface area contributed by atoms with E-state index in [0.717, 1.165) is 4.90 Å². The van der Waals surface area contributed by atoms with Gasteiger partial charge >= 0.3 is 24.5 Å². The van der Waals surface area contributed by atoms with Crippen molar-refractivity contribution in [3.05, 3.63) is 42.0 Å². The number of carboxylic acids is 1. The van der Waals surface area contributed by atoms with Crippen LogP contribution in [0.15, 0.2) is 18.2 Å². The Morgan fingerprint density at radius 1 is 1.28 bits per heavy atom. The van der Waals surface area contributed by atoms with Crippen LogP contribution < -0.4 is 5.32 Å². The minimum atomic E-state index is -0.987. The summed E-state index contributed by atoms with van der Waals surface area (Å²) in [7, 11) is 0. The van der Waals surface area contributed by atoms with Crippen LogP contribution in [0.5, 0.6) is 0 Å². The number of hydrogen-bond acceptors (Lipinski definition) is 5. The summed E-state index contributed by atoms with van der Waals surface area (Å²) < 4.78 is 0. The Morgan fingerprint density at radius 3 is 2.34 bits per heavy atom. The molecule has 29 heavy (non-hydrogen) atoms. The van der Waals surface area contributed by atoms with Crippen LogP contribution in [-0.2, 0) is 32.9 Å². The molecule has 10 heteroatoms. The van der Waals surface area contributed by atoms with Crippen molar-refractivity contribution in [3.8, 4) is 0 Å². The fraction of sp³-hybridized carbons (Fsp3) is 0.368. The summed E-state index contributed by atoms with van der Waals surface area (Å²) in [5.74, 6) is -3.09. The number of amides is 4. The molecule has 2 aliphatic rings. The van der Waals surface area contributed by atoms with Crippen LogP contribution in [0.2, 0.25) is 0 Å². The van der Waals surface area contributed by atoms with E-state index in [1.807, 2.05) is 0 Å². The quantitative estimate of drug-likeness (QED) is 0.546. The topological polar surface area (TPSA) is 145 Å². The number of benzene rings is 1. The first-order chi connectivity index (χ1) is 13.0. The largest absolute Gasteiger partial charge is 2.00 e. The Hall–Kier alpha value is -2.65. The SMILES string of the molecule is [CH2-]CC(C)(C)C(=O)O.[NH-]c1cccc2c1C(=O)N(C1CCC(=O)NC1=O)C2=O.[V+2]. The van der Waals surface area contributed by atoms with Crippen LogP contribution in [0.1, 0.15) is 53.8 Å². The maximum atomic E-state index is 12.3. The van der Waals surface area contributed by atoms with Gasteiger partial charge in [0.05, 0.1) is 5.56 Å². The third-order valence-electron chi connectivity index (χ3n) is 4.67. The van der Waals surface area contributed by atoms with Crippen LogP contribution in [0.3, 0.4) is 0 Å². The standard InChI is InChI=1S/C13H11N3O4.C6H11O2.V/c14-7-3-1-2-6-10(7)13(20)16(12(6)19)8-4-5-9(17)15-11(8)18;1-4-6(2,3)5(7)8;/h1-3,8H,4-5H2,(H3,14,15,17,18,20);1,4H2,2-3H3,(H,7,8);/q;-1;+2/p-1. The van der Waals surface area contributed by atoms with E-state index in [1.165, 1.54) is 18.2 Å². The van der Waals surface area contributed by atoms with Gasteiger partial charge in [0.1, 0.15) is 6.04 Å². The molecule has 153 valence electrons. The minimum absolute atomic E-state index is 0. The summed E-state index contributed by atoms with van der Waals surface area (Å²) in [6, 6.07) is 3.40. The number of carbonyl (C=O) groups is 5. The smallest absolute Gasteiger partial charge is 0.698 e.